The average Bonchev–Trinajstić information content (AvgIpc) is 3.03. The van der Waals surface area contributed by atoms with Crippen LogP contribution < -0.4 is 4.80 Å². The maximum Gasteiger partial charge on any atom is 0.325 e. The van der Waals surface area contributed by atoms with Crippen LogP contribution in [0.25, 0.3) is 10.2 Å². The molecule has 0 atom stereocenters. The Kier molecular flexibility index (Phi) is 6.32. The third kappa shape index (κ3) is 5.22. The van der Waals surface area contributed by atoms with Crippen molar-refractivity contribution in [3.63, 3.8) is 0 Å². The largest absolute Gasteiger partial charge is 0.468 e. The van der Waals surface area contributed by atoms with Crippen LogP contribution in [0.3, 0.4) is 0 Å². The Morgan fingerprint density at radius 1 is 1.19 bits per heavy atom. The number of hydrogen-bond acceptors (Lipinski definition) is 8. The molecule has 1 amide bonds. The van der Waals surface area contributed by atoms with Gasteiger partial charge in [-0.15, -0.1) is 0 Å². The van der Waals surface area contributed by atoms with Crippen molar-refractivity contribution in [3.05, 3.63) is 62.9 Å². The normalized spacial score (nSPS) is 12.1. The number of fused-ring (bicyclic) bond motifs is 1. The molecule has 0 aliphatic heterocycles. The zero-order chi connectivity index (χ0) is 22.8. The Morgan fingerprint density at radius 3 is 2.45 bits per heavy atom. The number of nitrogens with zero attached hydrogens (tertiary/aromatic N) is 3. The first-order valence-electron chi connectivity index (χ1n) is 8.79. The van der Waals surface area contributed by atoms with Crippen LogP contribution >= 0.6 is 11.3 Å². The molecule has 0 spiro atoms. The highest BCUT2D eigenvalue weighted by Crippen LogP contribution is 2.22. The van der Waals surface area contributed by atoms with Crippen LogP contribution in [0.1, 0.15) is 5.56 Å². The van der Waals surface area contributed by atoms with Gasteiger partial charge in [-0.3, -0.25) is 19.7 Å². The van der Waals surface area contributed by atoms with Crippen LogP contribution in [0.5, 0.6) is 0 Å². The van der Waals surface area contributed by atoms with Crippen LogP contribution in [-0.2, 0) is 37.1 Å². The van der Waals surface area contributed by atoms with Crippen molar-refractivity contribution >= 4 is 49.0 Å². The van der Waals surface area contributed by atoms with Gasteiger partial charge in [0, 0.05) is 18.4 Å². The highest BCUT2D eigenvalue weighted by Gasteiger charge is 2.15. The molecule has 1 aromatic heterocycles. The van der Waals surface area contributed by atoms with Crippen LogP contribution in [0.4, 0.5) is 5.69 Å². The molecular formula is C19H17N3O7S2. The molecule has 162 valence electrons. The van der Waals surface area contributed by atoms with Gasteiger partial charge in [0.1, 0.15) is 6.54 Å². The van der Waals surface area contributed by atoms with E-state index in [1.165, 1.54) is 48.1 Å². The van der Waals surface area contributed by atoms with E-state index >= 15 is 0 Å². The summed E-state index contributed by atoms with van der Waals surface area (Å²) in [7, 11) is -2.21. The van der Waals surface area contributed by atoms with Crippen molar-refractivity contribution < 1.29 is 27.7 Å². The van der Waals surface area contributed by atoms with Crippen molar-refractivity contribution in [1.29, 1.82) is 0 Å². The second kappa shape index (κ2) is 8.78. The van der Waals surface area contributed by atoms with Gasteiger partial charge < -0.3 is 9.30 Å². The van der Waals surface area contributed by atoms with Gasteiger partial charge in [-0.2, -0.15) is 4.99 Å². The maximum atomic E-state index is 12.5. The molecule has 3 rings (SSSR count). The quantitative estimate of drug-likeness (QED) is 0.309. The third-order valence-corrected chi connectivity index (χ3v) is 6.47. The topological polar surface area (TPSA) is 138 Å². The zero-order valence-electron chi connectivity index (χ0n) is 16.5. The summed E-state index contributed by atoms with van der Waals surface area (Å²) in [4.78, 5) is 38.9. The summed E-state index contributed by atoms with van der Waals surface area (Å²) in [6.07, 6.45) is 0.988. The fourth-order valence-corrected chi connectivity index (χ4v) is 4.58. The fraction of sp³-hybridized carbons (Fsp3) is 0.211. The summed E-state index contributed by atoms with van der Waals surface area (Å²) >= 11 is 1.07. The predicted molar refractivity (Wildman–Crippen MR) is 112 cm³/mol. The van der Waals surface area contributed by atoms with E-state index in [2.05, 4.69) is 4.99 Å². The molecule has 0 unspecified atom stereocenters. The predicted octanol–water partition coefficient (Wildman–Crippen LogP) is 1.86. The van der Waals surface area contributed by atoms with Crippen molar-refractivity contribution in [3.8, 4) is 0 Å². The van der Waals surface area contributed by atoms with E-state index < -0.39 is 26.6 Å². The summed E-state index contributed by atoms with van der Waals surface area (Å²) in [6, 6.07) is 9.96. The van der Waals surface area contributed by atoms with E-state index in [-0.39, 0.29) is 28.3 Å². The summed E-state index contributed by atoms with van der Waals surface area (Å²) < 4.78 is 30.4. The van der Waals surface area contributed by atoms with Crippen molar-refractivity contribution in [2.75, 3.05) is 13.4 Å². The number of non-ortho nitro benzene ring substituents is 1. The molecule has 12 heteroatoms. The van der Waals surface area contributed by atoms with E-state index in [1.807, 2.05) is 0 Å². The average molecular weight is 463 g/mol. The minimum atomic E-state index is -3.44. The van der Waals surface area contributed by atoms with Crippen LogP contribution in [0.2, 0.25) is 0 Å². The number of amides is 1. The molecule has 0 aliphatic carbocycles. The summed E-state index contributed by atoms with van der Waals surface area (Å²) in [5, 5.41) is 10.7. The number of aromatic nitrogens is 1. The van der Waals surface area contributed by atoms with Gasteiger partial charge in [0.05, 0.1) is 33.6 Å². The fourth-order valence-electron chi connectivity index (χ4n) is 2.77. The molecule has 0 bridgehead atoms. The number of nitro benzene ring substituents is 1. The number of ether oxygens (including phenoxy) is 1. The molecule has 0 radical (unpaired) electrons. The van der Waals surface area contributed by atoms with Crippen molar-refractivity contribution in [2.24, 2.45) is 4.99 Å². The second-order valence-electron chi connectivity index (χ2n) is 6.55. The molecule has 1 heterocycles. The lowest BCUT2D eigenvalue weighted by molar-refractivity contribution is -0.384. The van der Waals surface area contributed by atoms with Gasteiger partial charge in [-0.25, -0.2) is 8.42 Å². The number of esters is 1. The minimum Gasteiger partial charge on any atom is -0.468 e. The first-order valence-corrected chi connectivity index (χ1v) is 11.5. The Balaban J connectivity index is 2.02. The minimum absolute atomic E-state index is 0.0877. The van der Waals surface area contributed by atoms with Gasteiger partial charge in [0.25, 0.3) is 11.6 Å². The van der Waals surface area contributed by atoms with Crippen molar-refractivity contribution in [2.45, 2.75) is 17.9 Å². The summed E-state index contributed by atoms with van der Waals surface area (Å²) in [5.74, 6) is -1.08. The van der Waals surface area contributed by atoms with E-state index in [9.17, 15) is 28.1 Å². The highest BCUT2D eigenvalue weighted by molar-refractivity contribution is 7.90. The summed E-state index contributed by atoms with van der Waals surface area (Å²) in [6.45, 7) is -0.210. The molecule has 0 N–H and O–H groups in total. The van der Waals surface area contributed by atoms with Crippen LogP contribution in [0.15, 0.2) is 52.4 Å². The molecule has 31 heavy (non-hydrogen) atoms. The van der Waals surface area contributed by atoms with Crippen LogP contribution in [0, 0.1) is 10.1 Å². The van der Waals surface area contributed by atoms with Gasteiger partial charge >= 0.3 is 5.97 Å². The molecular weight excluding hydrogens is 446 g/mol. The molecule has 0 saturated carbocycles. The monoisotopic (exact) mass is 463 g/mol. The first-order chi connectivity index (χ1) is 14.6. The maximum absolute atomic E-state index is 12.5. The lowest BCUT2D eigenvalue weighted by atomic mass is 10.1. The molecule has 2 aromatic carbocycles. The second-order valence-corrected chi connectivity index (χ2v) is 9.58. The molecule has 10 nitrogen and oxygen atoms in total. The third-order valence-electron chi connectivity index (χ3n) is 4.32. The highest BCUT2D eigenvalue weighted by atomic mass is 32.2. The van der Waals surface area contributed by atoms with Crippen LogP contribution in [-0.4, -0.2) is 43.2 Å². The lowest BCUT2D eigenvalue weighted by Crippen LogP contribution is -2.22. The zero-order valence-corrected chi connectivity index (χ0v) is 18.1. The Morgan fingerprint density at radius 2 is 1.87 bits per heavy atom. The number of thiazole rings is 1. The number of sulfone groups is 1. The Labute approximate surface area is 180 Å². The number of nitro groups is 1. The van der Waals surface area contributed by atoms with E-state index in [0.717, 1.165) is 17.6 Å². The molecule has 0 saturated heterocycles. The number of carbonyl (C=O) groups is 2. The number of benzene rings is 2. The lowest BCUT2D eigenvalue weighted by Gasteiger charge is -2.04. The Hall–Kier alpha value is -3.38. The Bertz CT molecular complexity index is 1350. The smallest absolute Gasteiger partial charge is 0.325 e. The van der Waals surface area contributed by atoms with E-state index in [0.29, 0.717) is 15.8 Å². The van der Waals surface area contributed by atoms with Gasteiger partial charge in [0.15, 0.2) is 14.6 Å². The van der Waals surface area contributed by atoms with Crippen molar-refractivity contribution in [1.82, 2.24) is 4.57 Å². The SMILES string of the molecule is COC(=O)Cn1c(=NC(=O)Cc2ccc([N+](=O)[O-])cc2)sc2cc(S(C)(=O)=O)ccc21. The van der Waals surface area contributed by atoms with E-state index in [4.69, 9.17) is 4.74 Å². The number of carbonyl (C=O) groups excluding carboxylic acids is 2. The van der Waals surface area contributed by atoms with Gasteiger partial charge in [0.2, 0.25) is 0 Å². The molecule has 0 aliphatic rings. The standard InChI is InChI=1S/C19H17N3O7S2/c1-29-18(24)11-21-15-8-7-14(31(2,27)28)10-16(15)30-19(21)20-17(23)9-12-3-5-13(6-4-12)22(25)26/h3-8,10H,9,11H2,1-2H3. The first kappa shape index (κ1) is 22.3. The molecule has 0 fully saturated rings. The summed E-state index contributed by atoms with van der Waals surface area (Å²) in [5.41, 5.74) is 0.985. The number of hydrogen-bond donors (Lipinski definition) is 0. The van der Waals surface area contributed by atoms with Gasteiger partial charge in [-0.05, 0) is 23.8 Å². The molecule has 3 aromatic rings. The number of methoxy groups -OCH3 is 1. The van der Waals surface area contributed by atoms with E-state index in [1.54, 1.807) is 6.07 Å². The van der Waals surface area contributed by atoms with Gasteiger partial charge in [-0.1, -0.05) is 23.5 Å². The number of rotatable bonds is 6.